The predicted octanol–water partition coefficient (Wildman–Crippen LogP) is 5.89. The minimum atomic E-state index is -3.62. The molecule has 1 aromatic heterocycles. The first-order chi connectivity index (χ1) is 13.4. The van der Waals surface area contributed by atoms with Crippen molar-refractivity contribution in [2.75, 3.05) is 4.72 Å². The van der Waals surface area contributed by atoms with Gasteiger partial charge in [0, 0.05) is 11.3 Å². The molecule has 1 N–H and O–H groups in total. The van der Waals surface area contributed by atoms with Gasteiger partial charge in [-0.2, -0.15) is 0 Å². The average molecular weight is 409 g/mol. The lowest BCUT2D eigenvalue weighted by molar-refractivity contribution is 0.601. The van der Waals surface area contributed by atoms with Gasteiger partial charge in [-0.3, -0.25) is 4.72 Å². The zero-order chi connectivity index (χ0) is 19.7. The van der Waals surface area contributed by atoms with Gasteiger partial charge in [0.1, 0.15) is 5.01 Å². The van der Waals surface area contributed by atoms with Crippen LogP contribution in [0.15, 0.2) is 77.7 Å². The summed E-state index contributed by atoms with van der Waals surface area (Å²) < 4.78 is 29.0. The molecule has 0 saturated carbocycles. The van der Waals surface area contributed by atoms with E-state index in [9.17, 15) is 8.42 Å². The number of hydrogen-bond acceptors (Lipinski definition) is 4. The van der Waals surface area contributed by atoms with E-state index in [-0.39, 0.29) is 4.90 Å². The molecule has 3 aromatic carbocycles. The number of rotatable bonds is 5. The van der Waals surface area contributed by atoms with Crippen molar-refractivity contribution >= 4 is 37.3 Å². The smallest absolute Gasteiger partial charge is 0.261 e. The molecule has 1 heterocycles. The molecule has 142 valence electrons. The summed E-state index contributed by atoms with van der Waals surface area (Å²) in [4.78, 5) is 4.89. The number of fused-ring (bicyclic) bond motifs is 1. The van der Waals surface area contributed by atoms with E-state index >= 15 is 0 Å². The minimum Gasteiger partial charge on any atom is -0.280 e. The number of para-hydroxylation sites is 1. The molecule has 0 aliphatic rings. The van der Waals surface area contributed by atoms with Crippen LogP contribution in [0.5, 0.6) is 0 Å². The summed E-state index contributed by atoms with van der Waals surface area (Å²) in [5, 5.41) is 0.917. The zero-order valence-corrected chi connectivity index (χ0v) is 17.2. The standard InChI is InChI=1S/C22H20N2O2S2/c1-15(2)16-9-13-19(14-10-16)28(25,26)24-18-11-7-17(8-12-18)22-23-20-5-3-4-6-21(20)27-22/h3-15,24H,1-2H3. The molecule has 0 bridgehead atoms. The molecule has 0 atom stereocenters. The van der Waals surface area contributed by atoms with Crippen molar-refractivity contribution in [3.8, 4) is 10.6 Å². The second-order valence-electron chi connectivity index (χ2n) is 6.89. The number of hydrogen-bond donors (Lipinski definition) is 1. The summed E-state index contributed by atoms with van der Waals surface area (Å²) >= 11 is 1.62. The highest BCUT2D eigenvalue weighted by atomic mass is 32.2. The number of anilines is 1. The number of thiazole rings is 1. The second-order valence-corrected chi connectivity index (χ2v) is 9.61. The van der Waals surface area contributed by atoms with E-state index in [0.29, 0.717) is 11.6 Å². The van der Waals surface area contributed by atoms with Gasteiger partial charge < -0.3 is 0 Å². The molecular formula is C22H20N2O2S2. The number of nitrogens with zero attached hydrogens (tertiary/aromatic N) is 1. The number of aromatic nitrogens is 1. The van der Waals surface area contributed by atoms with Crippen LogP contribution in [0.4, 0.5) is 5.69 Å². The molecule has 0 fully saturated rings. The van der Waals surface area contributed by atoms with E-state index in [4.69, 9.17) is 0 Å². The van der Waals surface area contributed by atoms with Crippen LogP contribution in [-0.4, -0.2) is 13.4 Å². The molecule has 0 aliphatic heterocycles. The van der Waals surface area contributed by atoms with Crippen LogP contribution in [0, 0.1) is 0 Å². The van der Waals surface area contributed by atoms with Gasteiger partial charge in [0.25, 0.3) is 10.0 Å². The first kappa shape index (κ1) is 18.7. The van der Waals surface area contributed by atoms with Gasteiger partial charge in [-0.25, -0.2) is 13.4 Å². The highest BCUT2D eigenvalue weighted by molar-refractivity contribution is 7.92. The second kappa shape index (κ2) is 7.37. The van der Waals surface area contributed by atoms with Gasteiger partial charge in [0.05, 0.1) is 15.1 Å². The molecule has 28 heavy (non-hydrogen) atoms. The Morgan fingerprint density at radius 2 is 1.57 bits per heavy atom. The van der Waals surface area contributed by atoms with Gasteiger partial charge >= 0.3 is 0 Å². The highest BCUT2D eigenvalue weighted by Crippen LogP contribution is 2.31. The molecule has 0 amide bonds. The monoisotopic (exact) mass is 408 g/mol. The molecule has 4 rings (SSSR count). The lowest BCUT2D eigenvalue weighted by Gasteiger charge is -2.10. The topological polar surface area (TPSA) is 59.1 Å². The Bertz CT molecular complexity index is 1180. The maximum absolute atomic E-state index is 12.6. The zero-order valence-electron chi connectivity index (χ0n) is 15.6. The summed E-state index contributed by atoms with van der Waals surface area (Å²) in [6.07, 6.45) is 0. The van der Waals surface area contributed by atoms with E-state index in [0.717, 1.165) is 26.4 Å². The number of nitrogens with one attached hydrogen (secondary N) is 1. The Hall–Kier alpha value is -2.70. The first-order valence-electron chi connectivity index (χ1n) is 9.01. The van der Waals surface area contributed by atoms with Crippen LogP contribution in [0.1, 0.15) is 25.3 Å². The molecule has 4 nitrogen and oxygen atoms in total. The fourth-order valence-electron chi connectivity index (χ4n) is 2.92. The summed E-state index contributed by atoms with van der Waals surface area (Å²) in [5.41, 5.74) is 3.57. The van der Waals surface area contributed by atoms with Crippen LogP contribution in [0.3, 0.4) is 0 Å². The third-order valence-corrected chi connectivity index (χ3v) is 7.02. The summed E-state index contributed by atoms with van der Waals surface area (Å²) in [7, 11) is -3.62. The van der Waals surface area contributed by atoms with Gasteiger partial charge in [0.2, 0.25) is 0 Å². The lowest BCUT2D eigenvalue weighted by Crippen LogP contribution is -2.12. The molecule has 0 spiro atoms. The first-order valence-corrected chi connectivity index (χ1v) is 11.3. The fraction of sp³-hybridized carbons (Fsp3) is 0.136. The maximum atomic E-state index is 12.6. The molecule has 0 radical (unpaired) electrons. The molecule has 0 saturated heterocycles. The van der Waals surface area contributed by atoms with E-state index in [1.54, 1.807) is 35.6 Å². The molecule has 6 heteroatoms. The number of sulfonamides is 1. The third-order valence-electron chi connectivity index (χ3n) is 4.54. The Labute approximate surface area is 168 Å². The van der Waals surface area contributed by atoms with Crippen molar-refractivity contribution in [2.45, 2.75) is 24.7 Å². The Morgan fingerprint density at radius 1 is 0.893 bits per heavy atom. The normalized spacial score (nSPS) is 11.8. The fourth-order valence-corrected chi connectivity index (χ4v) is 4.95. The Balaban J connectivity index is 1.55. The van der Waals surface area contributed by atoms with Crippen LogP contribution < -0.4 is 4.72 Å². The largest absolute Gasteiger partial charge is 0.280 e. The van der Waals surface area contributed by atoms with Crippen molar-refractivity contribution in [2.24, 2.45) is 0 Å². The quantitative estimate of drug-likeness (QED) is 0.448. The Morgan fingerprint density at radius 3 is 2.21 bits per heavy atom. The van der Waals surface area contributed by atoms with Crippen LogP contribution in [0.25, 0.3) is 20.8 Å². The van der Waals surface area contributed by atoms with Gasteiger partial charge in [-0.05, 0) is 60.0 Å². The lowest BCUT2D eigenvalue weighted by atomic mass is 10.0. The SMILES string of the molecule is CC(C)c1ccc(S(=O)(=O)Nc2ccc(-c3nc4ccccc4s3)cc2)cc1. The molecule has 0 aliphatic carbocycles. The molecule has 0 unspecified atom stereocenters. The third kappa shape index (κ3) is 3.79. The summed E-state index contributed by atoms with van der Waals surface area (Å²) in [6.45, 7) is 4.16. The van der Waals surface area contributed by atoms with Crippen molar-refractivity contribution in [3.63, 3.8) is 0 Å². The average Bonchev–Trinajstić information content (AvgIpc) is 3.12. The minimum absolute atomic E-state index is 0.257. The van der Waals surface area contributed by atoms with E-state index in [2.05, 4.69) is 23.6 Å². The van der Waals surface area contributed by atoms with E-state index < -0.39 is 10.0 Å². The van der Waals surface area contributed by atoms with Crippen molar-refractivity contribution in [1.29, 1.82) is 0 Å². The predicted molar refractivity (Wildman–Crippen MR) is 116 cm³/mol. The summed E-state index contributed by atoms with van der Waals surface area (Å²) in [5.74, 6) is 0.361. The van der Waals surface area contributed by atoms with E-state index in [1.165, 1.54) is 0 Å². The van der Waals surface area contributed by atoms with Crippen molar-refractivity contribution < 1.29 is 8.42 Å². The van der Waals surface area contributed by atoms with Gasteiger partial charge in [-0.15, -0.1) is 11.3 Å². The highest BCUT2D eigenvalue weighted by Gasteiger charge is 2.15. The molecule has 4 aromatic rings. The maximum Gasteiger partial charge on any atom is 0.261 e. The van der Waals surface area contributed by atoms with Crippen LogP contribution in [0.2, 0.25) is 0 Å². The van der Waals surface area contributed by atoms with Crippen molar-refractivity contribution in [1.82, 2.24) is 4.98 Å². The van der Waals surface area contributed by atoms with Crippen LogP contribution >= 0.6 is 11.3 Å². The van der Waals surface area contributed by atoms with E-state index in [1.807, 2.05) is 48.5 Å². The van der Waals surface area contributed by atoms with Gasteiger partial charge in [-0.1, -0.05) is 38.1 Å². The van der Waals surface area contributed by atoms with Crippen LogP contribution in [-0.2, 0) is 10.0 Å². The van der Waals surface area contributed by atoms with Crippen molar-refractivity contribution in [3.05, 3.63) is 78.4 Å². The Kier molecular flexibility index (Phi) is 4.91. The molecular weight excluding hydrogens is 388 g/mol. The summed E-state index contributed by atoms with van der Waals surface area (Å²) in [6, 6.07) is 22.3. The number of benzene rings is 3. The van der Waals surface area contributed by atoms with Gasteiger partial charge in [0.15, 0.2) is 0 Å².